The van der Waals surface area contributed by atoms with E-state index >= 15 is 0 Å². The van der Waals surface area contributed by atoms with E-state index in [1.807, 2.05) is 52.8 Å². The Labute approximate surface area is 179 Å². The molecular weight excluding hydrogens is 376 g/mol. The highest BCUT2D eigenvalue weighted by Gasteiger charge is 2.26. The van der Waals surface area contributed by atoms with Crippen molar-refractivity contribution in [3.05, 3.63) is 76.4 Å². The van der Waals surface area contributed by atoms with Crippen LogP contribution in [0.15, 0.2) is 43.0 Å². The first-order chi connectivity index (χ1) is 13.9. The number of carbonyl (C=O) groups excluding carboxylic acids is 2. The van der Waals surface area contributed by atoms with Crippen molar-refractivity contribution >= 4 is 11.8 Å². The Kier molecular flexibility index (Phi) is 7.08. The van der Waals surface area contributed by atoms with Crippen LogP contribution in [-0.4, -0.2) is 28.5 Å². The SMILES string of the molecule is C=CCc1ccc(C(=O)NN(CC(C)(C)C)C(=O)c2cc(C)cc(C)c2)c(C)c1O. The van der Waals surface area contributed by atoms with E-state index in [4.69, 9.17) is 0 Å². The molecule has 0 unspecified atom stereocenters. The molecule has 0 aliphatic rings. The third-order valence-electron chi connectivity index (χ3n) is 4.71. The van der Waals surface area contributed by atoms with Crippen LogP contribution in [0.4, 0.5) is 0 Å². The molecular formula is C25H32N2O3. The summed E-state index contributed by atoms with van der Waals surface area (Å²) < 4.78 is 0. The Bertz CT molecular complexity index is 951. The monoisotopic (exact) mass is 408 g/mol. The molecule has 0 aliphatic heterocycles. The van der Waals surface area contributed by atoms with Gasteiger partial charge in [-0.05, 0) is 56.4 Å². The Morgan fingerprint density at radius 1 is 1.10 bits per heavy atom. The Balaban J connectivity index is 2.37. The van der Waals surface area contributed by atoms with Gasteiger partial charge in [0.15, 0.2) is 0 Å². The van der Waals surface area contributed by atoms with Crippen molar-refractivity contribution < 1.29 is 14.7 Å². The van der Waals surface area contributed by atoms with Crippen molar-refractivity contribution in [1.29, 1.82) is 0 Å². The Hall–Kier alpha value is -3.08. The molecule has 2 rings (SSSR count). The van der Waals surface area contributed by atoms with Gasteiger partial charge in [-0.3, -0.25) is 15.0 Å². The molecule has 0 aliphatic carbocycles. The van der Waals surface area contributed by atoms with Crippen molar-refractivity contribution in [2.45, 2.75) is 48.0 Å². The molecule has 0 bridgehead atoms. The van der Waals surface area contributed by atoms with E-state index in [9.17, 15) is 14.7 Å². The minimum absolute atomic E-state index is 0.0746. The van der Waals surface area contributed by atoms with Crippen molar-refractivity contribution in [3.8, 4) is 5.75 Å². The number of aryl methyl sites for hydroxylation is 2. The summed E-state index contributed by atoms with van der Waals surface area (Å²) in [5.41, 5.74) is 6.53. The van der Waals surface area contributed by atoms with Crippen LogP contribution < -0.4 is 5.43 Å². The zero-order valence-corrected chi connectivity index (χ0v) is 18.8. The molecule has 0 heterocycles. The number of nitrogens with zero attached hydrogens (tertiary/aromatic N) is 1. The number of benzene rings is 2. The topological polar surface area (TPSA) is 69.6 Å². The number of amides is 2. The minimum Gasteiger partial charge on any atom is -0.507 e. The smallest absolute Gasteiger partial charge is 0.272 e. The second kappa shape index (κ2) is 9.16. The predicted octanol–water partition coefficient (Wildman–Crippen LogP) is 4.88. The highest BCUT2D eigenvalue weighted by atomic mass is 16.3. The summed E-state index contributed by atoms with van der Waals surface area (Å²) in [5, 5.41) is 11.8. The van der Waals surface area contributed by atoms with E-state index in [0.717, 1.165) is 11.1 Å². The molecule has 0 saturated carbocycles. The molecule has 0 atom stereocenters. The second-order valence-electron chi connectivity index (χ2n) is 9.01. The van der Waals surface area contributed by atoms with Gasteiger partial charge in [0.1, 0.15) is 5.75 Å². The van der Waals surface area contributed by atoms with Gasteiger partial charge < -0.3 is 5.11 Å². The molecule has 0 saturated heterocycles. The first-order valence-corrected chi connectivity index (χ1v) is 10.1. The summed E-state index contributed by atoms with van der Waals surface area (Å²) in [4.78, 5) is 26.3. The van der Waals surface area contributed by atoms with Gasteiger partial charge in [-0.2, -0.15) is 0 Å². The number of aromatic hydroxyl groups is 1. The molecule has 0 spiro atoms. The van der Waals surface area contributed by atoms with Gasteiger partial charge in [0, 0.05) is 23.2 Å². The van der Waals surface area contributed by atoms with E-state index < -0.39 is 5.91 Å². The molecule has 0 fully saturated rings. The first-order valence-electron chi connectivity index (χ1n) is 10.1. The van der Waals surface area contributed by atoms with Crippen LogP contribution in [0.2, 0.25) is 0 Å². The average molecular weight is 409 g/mol. The van der Waals surface area contributed by atoms with Gasteiger partial charge in [-0.1, -0.05) is 50.1 Å². The van der Waals surface area contributed by atoms with Gasteiger partial charge in [0.2, 0.25) is 0 Å². The molecule has 5 heteroatoms. The molecule has 2 aromatic rings. The van der Waals surface area contributed by atoms with Crippen LogP contribution in [0.3, 0.4) is 0 Å². The normalized spacial score (nSPS) is 11.1. The lowest BCUT2D eigenvalue weighted by Crippen LogP contribution is -2.49. The molecule has 2 N–H and O–H groups in total. The molecule has 30 heavy (non-hydrogen) atoms. The fourth-order valence-corrected chi connectivity index (χ4v) is 3.40. The van der Waals surface area contributed by atoms with Crippen LogP contribution in [0.5, 0.6) is 5.75 Å². The quantitative estimate of drug-likeness (QED) is 0.547. The zero-order valence-electron chi connectivity index (χ0n) is 18.8. The van der Waals surface area contributed by atoms with Crippen LogP contribution in [0, 0.1) is 26.2 Å². The van der Waals surface area contributed by atoms with E-state index in [2.05, 4.69) is 12.0 Å². The highest BCUT2D eigenvalue weighted by Crippen LogP contribution is 2.26. The molecule has 0 aromatic heterocycles. The predicted molar refractivity (Wildman–Crippen MR) is 121 cm³/mol. The highest BCUT2D eigenvalue weighted by molar-refractivity contribution is 6.00. The fourth-order valence-electron chi connectivity index (χ4n) is 3.40. The standard InChI is InChI=1S/C25H32N2O3/c1-8-9-19-10-11-21(18(4)22(19)28)23(29)26-27(15-25(5,6)7)24(30)20-13-16(2)12-17(3)14-20/h8,10-14,28H,1,9,15H2,2-7H3,(H,26,29). The maximum atomic E-state index is 13.2. The first kappa shape index (κ1) is 23.2. The summed E-state index contributed by atoms with van der Waals surface area (Å²) in [6.45, 7) is 15.6. The van der Waals surface area contributed by atoms with E-state index in [0.29, 0.717) is 35.2 Å². The fraction of sp³-hybridized carbons (Fsp3) is 0.360. The van der Waals surface area contributed by atoms with Crippen LogP contribution in [0.1, 0.15) is 63.7 Å². The van der Waals surface area contributed by atoms with Gasteiger partial charge >= 0.3 is 0 Å². The Morgan fingerprint density at radius 3 is 2.23 bits per heavy atom. The lowest BCUT2D eigenvalue weighted by atomic mass is 9.96. The van der Waals surface area contributed by atoms with Gasteiger partial charge in [-0.25, -0.2) is 5.01 Å². The van der Waals surface area contributed by atoms with Gasteiger partial charge in [0.05, 0.1) is 0 Å². The van der Waals surface area contributed by atoms with Crippen LogP contribution in [0.25, 0.3) is 0 Å². The maximum absolute atomic E-state index is 13.2. The maximum Gasteiger partial charge on any atom is 0.272 e. The largest absolute Gasteiger partial charge is 0.507 e. The molecule has 160 valence electrons. The number of phenolic OH excluding ortho intramolecular Hbond substituents is 1. The number of allylic oxidation sites excluding steroid dienone is 1. The average Bonchev–Trinajstić information content (AvgIpc) is 2.62. The summed E-state index contributed by atoms with van der Waals surface area (Å²) in [6, 6.07) is 9.01. The van der Waals surface area contributed by atoms with Crippen molar-refractivity contribution in [2.75, 3.05) is 6.54 Å². The van der Waals surface area contributed by atoms with Gasteiger partial charge in [0.25, 0.3) is 11.8 Å². The van der Waals surface area contributed by atoms with Crippen molar-refractivity contribution in [3.63, 3.8) is 0 Å². The molecule has 2 amide bonds. The number of hydrogen-bond donors (Lipinski definition) is 2. The lowest BCUT2D eigenvalue weighted by Gasteiger charge is -2.30. The molecule has 0 radical (unpaired) electrons. The summed E-state index contributed by atoms with van der Waals surface area (Å²) in [5.74, 6) is -0.629. The number of nitrogens with one attached hydrogen (secondary N) is 1. The van der Waals surface area contributed by atoms with Crippen molar-refractivity contribution in [1.82, 2.24) is 10.4 Å². The van der Waals surface area contributed by atoms with Gasteiger partial charge in [-0.15, -0.1) is 6.58 Å². The third kappa shape index (κ3) is 5.72. The van der Waals surface area contributed by atoms with E-state index in [1.165, 1.54) is 5.01 Å². The summed E-state index contributed by atoms with van der Waals surface area (Å²) in [6.07, 6.45) is 2.21. The number of carbonyl (C=O) groups is 2. The van der Waals surface area contributed by atoms with E-state index in [-0.39, 0.29) is 17.1 Å². The minimum atomic E-state index is -0.435. The van der Waals surface area contributed by atoms with Crippen LogP contribution in [-0.2, 0) is 6.42 Å². The van der Waals surface area contributed by atoms with Crippen LogP contribution >= 0.6 is 0 Å². The number of rotatable bonds is 5. The summed E-state index contributed by atoms with van der Waals surface area (Å²) >= 11 is 0. The molecule has 2 aromatic carbocycles. The molecule has 5 nitrogen and oxygen atoms in total. The third-order valence-corrected chi connectivity index (χ3v) is 4.71. The Morgan fingerprint density at radius 2 is 1.70 bits per heavy atom. The zero-order chi connectivity index (χ0) is 22.6. The number of phenols is 1. The van der Waals surface area contributed by atoms with E-state index in [1.54, 1.807) is 25.1 Å². The second-order valence-corrected chi connectivity index (χ2v) is 9.01. The lowest BCUT2D eigenvalue weighted by molar-refractivity contribution is 0.0509. The number of hydrazine groups is 1. The summed E-state index contributed by atoms with van der Waals surface area (Å²) in [7, 11) is 0. The van der Waals surface area contributed by atoms with Crippen molar-refractivity contribution in [2.24, 2.45) is 5.41 Å². The number of hydrogen-bond acceptors (Lipinski definition) is 3.